The Morgan fingerprint density at radius 2 is 1.68 bits per heavy atom. The molecular weight excluding hydrogens is 284 g/mol. The molecule has 0 unspecified atom stereocenters. The fraction of sp³-hybridized carbons (Fsp3) is 0.438. The van der Waals surface area contributed by atoms with E-state index in [0.717, 1.165) is 0 Å². The van der Waals surface area contributed by atoms with Gasteiger partial charge >= 0.3 is 5.97 Å². The van der Waals surface area contributed by atoms with Crippen LogP contribution < -0.4 is 10.6 Å². The van der Waals surface area contributed by atoms with Gasteiger partial charge in [-0.2, -0.15) is 0 Å². The molecule has 1 aliphatic rings. The van der Waals surface area contributed by atoms with Gasteiger partial charge < -0.3 is 15.4 Å². The molecule has 1 saturated carbocycles. The van der Waals surface area contributed by atoms with Gasteiger partial charge in [0, 0.05) is 11.7 Å². The predicted octanol–water partition coefficient (Wildman–Crippen LogP) is 1.72. The van der Waals surface area contributed by atoms with E-state index in [1.807, 2.05) is 13.8 Å². The standard InChI is InChI=1S/C16H20N2O4/c1-10(2)17-14(20)16(8-9-16)15(21)18-12-6-4-11(5-7-12)13(19)22-3/h4-7,10H,8-9H2,1-3H3,(H,17,20)(H,18,21). The van der Waals surface area contributed by atoms with Crippen LogP contribution in [-0.2, 0) is 14.3 Å². The van der Waals surface area contributed by atoms with Crippen LogP contribution in [0.15, 0.2) is 24.3 Å². The summed E-state index contributed by atoms with van der Waals surface area (Å²) in [6, 6.07) is 6.35. The number of rotatable bonds is 5. The van der Waals surface area contributed by atoms with Gasteiger partial charge in [-0.05, 0) is 51.0 Å². The number of benzene rings is 1. The van der Waals surface area contributed by atoms with Crippen molar-refractivity contribution in [2.45, 2.75) is 32.7 Å². The van der Waals surface area contributed by atoms with Gasteiger partial charge in [0.25, 0.3) is 0 Å². The Morgan fingerprint density at radius 3 is 2.14 bits per heavy atom. The first-order valence-corrected chi connectivity index (χ1v) is 7.20. The number of ether oxygens (including phenoxy) is 1. The molecule has 2 N–H and O–H groups in total. The smallest absolute Gasteiger partial charge is 0.337 e. The van der Waals surface area contributed by atoms with Gasteiger partial charge in [0.2, 0.25) is 11.8 Å². The topological polar surface area (TPSA) is 84.5 Å². The van der Waals surface area contributed by atoms with Crippen molar-refractivity contribution in [1.29, 1.82) is 0 Å². The molecule has 0 spiro atoms. The summed E-state index contributed by atoms with van der Waals surface area (Å²) in [7, 11) is 1.31. The van der Waals surface area contributed by atoms with Crippen LogP contribution in [0.4, 0.5) is 5.69 Å². The Balaban J connectivity index is 2.03. The zero-order valence-electron chi connectivity index (χ0n) is 12.9. The second-order valence-electron chi connectivity index (χ2n) is 5.73. The third-order valence-electron chi connectivity index (χ3n) is 3.60. The second kappa shape index (κ2) is 6.17. The molecule has 2 rings (SSSR count). The lowest BCUT2D eigenvalue weighted by Gasteiger charge is -2.17. The molecule has 0 saturated heterocycles. The largest absolute Gasteiger partial charge is 0.465 e. The Labute approximate surface area is 129 Å². The lowest BCUT2D eigenvalue weighted by molar-refractivity contribution is -0.134. The van der Waals surface area contributed by atoms with Crippen molar-refractivity contribution in [2.24, 2.45) is 5.41 Å². The van der Waals surface area contributed by atoms with E-state index in [1.165, 1.54) is 7.11 Å². The van der Waals surface area contributed by atoms with E-state index >= 15 is 0 Å². The number of hydrogen-bond donors (Lipinski definition) is 2. The van der Waals surface area contributed by atoms with E-state index in [9.17, 15) is 14.4 Å². The van der Waals surface area contributed by atoms with Crippen LogP contribution in [0.25, 0.3) is 0 Å². The summed E-state index contributed by atoms with van der Waals surface area (Å²) in [6.07, 6.45) is 1.11. The van der Waals surface area contributed by atoms with Crippen LogP contribution >= 0.6 is 0 Å². The molecule has 6 nitrogen and oxygen atoms in total. The summed E-state index contributed by atoms with van der Waals surface area (Å²) < 4.78 is 4.61. The van der Waals surface area contributed by atoms with E-state index in [2.05, 4.69) is 15.4 Å². The monoisotopic (exact) mass is 304 g/mol. The predicted molar refractivity (Wildman–Crippen MR) is 81.4 cm³/mol. The van der Waals surface area contributed by atoms with Crippen LogP contribution in [0, 0.1) is 5.41 Å². The van der Waals surface area contributed by atoms with Crippen molar-refractivity contribution in [3.8, 4) is 0 Å². The Kier molecular flexibility index (Phi) is 4.49. The Hall–Kier alpha value is -2.37. The number of carbonyl (C=O) groups is 3. The zero-order valence-corrected chi connectivity index (χ0v) is 12.9. The fourth-order valence-electron chi connectivity index (χ4n) is 2.14. The first-order chi connectivity index (χ1) is 10.4. The number of esters is 1. The number of nitrogens with one attached hydrogen (secondary N) is 2. The van der Waals surface area contributed by atoms with Crippen LogP contribution in [0.1, 0.15) is 37.0 Å². The molecule has 1 aromatic carbocycles. The highest BCUT2D eigenvalue weighted by Crippen LogP contribution is 2.46. The van der Waals surface area contributed by atoms with Gasteiger partial charge in [-0.25, -0.2) is 4.79 Å². The van der Waals surface area contributed by atoms with Crippen LogP contribution in [0.2, 0.25) is 0 Å². The fourth-order valence-corrected chi connectivity index (χ4v) is 2.14. The Bertz CT molecular complexity index is 589. The third kappa shape index (κ3) is 3.27. The summed E-state index contributed by atoms with van der Waals surface area (Å²) in [6.45, 7) is 3.72. The van der Waals surface area contributed by atoms with E-state index in [1.54, 1.807) is 24.3 Å². The van der Waals surface area contributed by atoms with Gasteiger partial charge in [-0.1, -0.05) is 0 Å². The highest BCUT2D eigenvalue weighted by Gasteiger charge is 2.56. The second-order valence-corrected chi connectivity index (χ2v) is 5.73. The van der Waals surface area contributed by atoms with Gasteiger partial charge in [-0.15, -0.1) is 0 Å². The molecule has 0 radical (unpaired) electrons. The average Bonchev–Trinajstić information content (AvgIpc) is 3.28. The molecule has 1 aromatic rings. The van der Waals surface area contributed by atoms with Gasteiger partial charge in [0.1, 0.15) is 5.41 Å². The summed E-state index contributed by atoms with van der Waals surface area (Å²) in [5, 5.41) is 5.51. The minimum atomic E-state index is -0.953. The molecule has 0 bridgehead atoms. The minimum Gasteiger partial charge on any atom is -0.465 e. The quantitative estimate of drug-likeness (QED) is 0.641. The number of carbonyl (C=O) groups excluding carboxylic acids is 3. The Morgan fingerprint density at radius 1 is 1.09 bits per heavy atom. The first kappa shape index (κ1) is 16.0. The van der Waals surface area contributed by atoms with E-state index in [0.29, 0.717) is 24.1 Å². The van der Waals surface area contributed by atoms with Crippen molar-refractivity contribution < 1.29 is 19.1 Å². The summed E-state index contributed by atoms with van der Waals surface area (Å²) in [4.78, 5) is 35.8. The minimum absolute atomic E-state index is 0.00267. The highest BCUT2D eigenvalue weighted by atomic mass is 16.5. The maximum Gasteiger partial charge on any atom is 0.337 e. The number of amides is 2. The molecule has 0 atom stereocenters. The van der Waals surface area contributed by atoms with Crippen molar-refractivity contribution in [1.82, 2.24) is 5.32 Å². The summed E-state index contributed by atoms with van der Waals surface area (Å²) >= 11 is 0. The molecular formula is C16H20N2O4. The van der Waals surface area contributed by atoms with Crippen molar-refractivity contribution in [2.75, 3.05) is 12.4 Å². The highest BCUT2D eigenvalue weighted by molar-refractivity contribution is 6.13. The molecule has 0 aliphatic heterocycles. The molecule has 22 heavy (non-hydrogen) atoms. The van der Waals surface area contributed by atoms with Crippen LogP contribution in [0.3, 0.4) is 0 Å². The lowest BCUT2D eigenvalue weighted by atomic mass is 10.0. The third-order valence-corrected chi connectivity index (χ3v) is 3.60. The molecule has 1 aliphatic carbocycles. The van der Waals surface area contributed by atoms with Crippen molar-refractivity contribution in [3.63, 3.8) is 0 Å². The number of anilines is 1. The van der Waals surface area contributed by atoms with Crippen molar-refractivity contribution in [3.05, 3.63) is 29.8 Å². The number of hydrogen-bond acceptors (Lipinski definition) is 4. The van der Waals surface area contributed by atoms with E-state index in [4.69, 9.17) is 0 Å². The molecule has 2 amide bonds. The molecule has 118 valence electrons. The van der Waals surface area contributed by atoms with Gasteiger partial charge in [0.15, 0.2) is 0 Å². The van der Waals surface area contributed by atoms with Gasteiger partial charge in [-0.3, -0.25) is 9.59 Å². The lowest BCUT2D eigenvalue weighted by Crippen LogP contribution is -2.42. The van der Waals surface area contributed by atoms with Crippen LogP contribution in [0.5, 0.6) is 0 Å². The number of methoxy groups -OCH3 is 1. The van der Waals surface area contributed by atoms with Gasteiger partial charge in [0.05, 0.1) is 12.7 Å². The SMILES string of the molecule is COC(=O)c1ccc(NC(=O)C2(C(=O)NC(C)C)CC2)cc1. The molecule has 0 heterocycles. The average molecular weight is 304 g/mol. The maximum absolute atomic E-state index is 12.3. The van der Waals surface area contributed by atoms with Crippen LogP contribution in [-0.4, -0.2) is 30.9 Å². The maximum atomic E-state index is 12.3. The van der Waals surface area contributed by atoms with E-state index in [-0.39, 0.29) is 17.9 Å². The summed E-state index contributed by atoms with van der Waals surface area (Å²) in [5.74, 6) is -0.976. The normalized spacial score (nSPS) is 15.1. The summed E-state index contributed by atoms with van der Waals surface area (Å²) in [5.41, 5.74) is -0.00821. The molecule has 1 fully saturated rings. The van der Waals surface area contributed by atoms with Crippen molar-refractivity contribution >= 4 is 23.5 Å². The van der Waals surface area contributed by atoms with E-state index < -0.39 is 11.4 Å². The molecule has 6 heteroatoms. The first-order valence-electron chi connectivity index (χ1n) is 7.20. The zero-order chi connectivity index (χ0) is 16.3. The molecule has 0 aromatic heterocycles.